The number of alkyl halides is 2. The third kappa shape index (κ3) is 2.13. The molecule has 7 heteroatoms. The van der Waals surface area contributed by atoms with Gasteiger partial charge in [-0.25, -0.2) is 8.78 Å². The van der Waals surface area contributed by atoms with E-state index in [1.54, 1.807) is 0 Å². The van der Waals surface area contributed by atoms with Crippen molar-refractivity contribution in [2.75, 3.05) is 0 Å². The van der Waals surface area contributed by atoms with Crippen LogP contribution in [0.1, 0.15) is 11.7 Å². The maximum absolute atomic E-state index is 13.4. The third-order valence-electron chi connectivity index (χ3n) is 1.97. The fourth-order valence-electron chi connectivity index (χ4n) is 1.06. The summed E-state index contributed by atoms with van der Waals surface area (Å²) < 4.78 is 50.6. The Bertz CT molecular complexity index is 370. The van der Waals surface area contributed by atoms with Crippen LogP contribution in [0, 0.1) is 0 Å². The number of phenolic OH excluding ortho intramolecular Hbond substituents is 1. The predicted octanol–water partition coefficient (Wildman–Crippen LogP) is 2.34. The van der Waals surface area contributed by atoms with Gasteiger partial charge in [-0.1, -0.05) is 21.1 Å². The quantitative estimate of drug-likeness (QED) is 0.378. The van der Waals surface area contributed by atoms with Crippen molar-refractivity contribution in [2.45, 2.75) is 12.0 Å². The van der Waals surface area contributed by atoms with Crippen molar-refractivity contribution in [2.24, 2.45) is 0 Å². The molecule has 88 valence electrons. The molecule has 2 atom stereocenters. The lowest BCUT2D eigenvalue weighted by molar-refractivity contribution is -0.280. The first-order valence-electron chi connectivity index (χ1n) is 4.12. The van der Waals surface area contributed by atoms with Gasteiger partial charge >= 0.3 is 5.79 Å². The molecule has 0 spiro atoms. The van der Waals surface area contributed by atoms with E-state index in [-0.39, 0.29) is 5.75 Å². The first kappa shape index (κ1) is 12.4. The molecule has 1 unspecified atom stereocenters. The van der Waals surface area contributed by atoms with Gasteiger partial charge in [0.25, 0.3) is 0 Å². The Balaban J connectivity index is 3.04. The van der Waals surface area contributed by atoms with Gasteiger partial charge in [0.15, 0.2) is 12.5 Å². The molecule has 0 aliphatic carbocycles. The Morgan fingerprint density at radius 2 is 1.81 bits per heavy atom. The SMILES string of the molecule is O=C[C@](F)(C(F)c1ccc(O)cc1)N(F)F. The number of phenols is 1. The maximum atomic E-state index is 13.4. The summed E-state index contributed by atoms with van der Waals surface area (Å²) in [5.74, 6) is -4.26. The van der Waals surface area contributed by atoms with E-state index >= 15 is 0 Å². The maximum Gasteiger partial charge on any atom is 0.310 e. The molecule has 0 aromatic heterocycles. The molecule has 0 saturated heterocycles. The number of hydrogen-bond acceptors (Lipinski definition) is 3. The topological polar surface area (TPSA) is 40.5 Å². The molecule has 1 aromatic rings. The zero-order valence-corrected chi connectivity index (χ0v) is 7.78. The van der Waals surface area contributed by atoms with Gasteiger partial charge in [-0.15, -0.1) is 0 Å². The molecule has 1 N–H and O–H groups in total. The zero-order chi connectivity index (χ0) is 12.3. The summed E-state index contributed by atoms with van der Waals surface area (Å²) in [5.41, 5.74) is -0.479. The Hall–Kier alpha value is -1.63. The fraction of sp³-hybridized carbons (Fsp3) is 0.222. The van der Waals surface area contributed by atoms with Crippen LogP contribution >= 0.6 is 0 Å². The molecule has 0 aliphatic heterocycles. The van der Waals surface area contributed by atoms with Crippen molar-refractivity contribution in [3.63, 3.8) is 0 Å². The van der Waals surface area contributed by atoms with Gasteiger partial charge in [0.1, 0.15) is 5.75 Å². The lowest BCUT2D eigenvalue weighted by atomic mass is 10.0. The molecule has 0 heterocycles. The smallest absolute Gasteiger partial charge is 0.310 e. The summed E-state index contributed by atoms with van der Waals surface area (Å²) in [7, 11) is 0. The lowest BCUT2D eigenvalue weighted by Crippen LogP contribution is -2.41. The van der Waals surface area contributed by atoms with Crippen LogP contribution in [0.3, 0.4) is 0 Å². The average Bonchev–Trinajstić information content (AvgIpc) is 2.27. The minimum Gasteiger partial charge on any atom is -0.508 e. The highest BCUT2D eigenvalue weighted by atomic mass is 19.4. The summed E-state index contributed by atoms with van der Waals surface area (Å²) in [4.78, 5) is 10.2. The van der Waals surface area contributed by atoms with Crippen molar-refractivity contribution >= 4 is 6.29 Å². The molecule has 0 amide bonds. The van der Waals surface area contributed by atoms with E-state index < -0.39 is 29.2 Å². The van der Waals surface area contributed by atoms with E-state index in [1.165, 1.54) is 0 Å². The minimum atomic E-state index is -4.03. The van der Waals surface area contributed by atoms with Gasteiger partial charge < -0.3 is 5.11 Å². The largest absolute Gasteiger partial charge is 0.508 e. The van der Waals surface area contributed by atoms with E-state index in [4.69, 9.17) is 5.11 Å². The van der Waals surface area contributed by atoms with Crippen LogP contribution in [-0.2, 0) is 4.79 Å². The number of carbonyl (C=O) groups excluding carboxylic acids is 1. The molecule has 3 nitrogen and oxygen atoms in total. The van der Waals surface area contributed by atoms with Crippen molar-refractivity contribution < 1.29 is 27.6 Å². The Labute approximate surface area is 87.8 Å². The van der Waals surface area contributed by atoms with Crippen LogP contribution in [0.25, 0.3) is 0 Å². The number of aromatic hydroxyl groups is 1. The number of halogens is 4. The predicted molar refractivity (Wildman–Crippen MR) is 45.9 cm³/mol. The molecule has 0 fully saturated rings. The average molecular weight is 237 g/mol. The van der Waals surface area contributed by atoms with E-state index in [2.05, 4.69) is 0 Å². The number of hydrogen-bond donors (Lipinski definition) is 1. The second-order valence-electron chi connectivity index (χ2n) is 3.03. The van der Waals surface area contributed by atoms with E-state index in [9.17, 15) is 22.5 Å². The molecular weight excluding hydrogens is 230 g/mol. The Morgan fingerprint density at radius 1 is 1.31 bits per heavy atom. The molecule has 1 aromatic carbocycles. The van der Waals surface area contributed by atoms with Gasteiger partial charge in [0.05, 0.1) is 5.34 Å². The molecule has 0 aliphatic rings. The second kappa shape index (κ2) is 4.48. The fourth-order valence-corrected chi connectivity index (χ4v) is 1.06. The number of benzene rings is 1. The van der Waals surface area contributed by atoms with E-state index in [0.29, 0.717) is 0 Å². The van der Waals surface area contributed by atoms with Crippen molar-refractivity contribution in [3.8, 4) is 5.75 Å². The van der Waals surface area contributed by atoms with Gasteiger partial charge in [-0.05, 0) is 17.7 Å². The van der Waals surface area contributed by atoms with Crippen LogP contribution in [0.4, 0.5) is 17.7 Å². The molecule has 0 bridgehead atoms. The summed E-state index contributed by atoms with van der Waals surface area (Å²) in [5, 5.41) is 6.74. The minimum absolute atomic E-state index is 0.233. The Kier molecular flexibility index (Phi) is 3.48. The highest BCUT2D eigenvalue weighted by molar-refractivity contribution is 5.63. The van der Waals surface area contributed by atoms with Gasteiger partial charge in [-0.3, -0.25) is 4.79 Å². The number of rotatable bonds is 4. The highest BCUT2D eigenvalue weighted by Gasteiger charge is 2.49. The van der Waals surface area contributed by atoms with Crippen molar-refractivity contribution in [1.82, 2.24) is 5.34 Å². The van der Waals surface area contributed by atoms with Crippen LogP contribution in [0.2, 0.25) is 0 Å². The number of aldehydes is 1. The van der Waals surface area contributed by atoms with E-state index in [0.717, 1.165) is 24.3 Å². The zero-order valence-electron chi connectivity index (χ0n) is 7.78. The summed E-state index contributed by atoms with van der Waals surface area (Å²) in [6.07, 6.45) is -3.66. The van der Waals surface area contributed by atoms with Gasteiger partial charge in [0.2, 0.25) is 0 Å². The van der Waals surface area contributed by atoms with Crippen LogP contribution in [0.15, 0.2) is 24.3 Å². The standard InChI is InChI=1S/C9H7F4NO2/c10-8(9(11,5-15)14(12)13)6-1-3-7(16)4-2-6/h1-5,8,16H/t8?,9-/m1/s1. The number of nitrogens with zero attached hydrogens (tertiary/aromatic N) is 1. The van der Waals surface area contributed by atoms with E-state index in [1.807, 2.05) is 0 Å². The highest BCUT2D eigenvalue weighted by Crippen LogP contribution is 2.35. The van der Waals surface area contributed by atoms with Crippen molar-refractivity contribution in [3.05, 3.63) is 29.8 Å². The molecule has 0 radical (unpaired) electrons. The van der Waals surface area contributed by atoms with Crippen LogP contribution < -0.4 is 0 Å². The monoisotopic (exact) mass is 237 g/mol. The van der Waals surface area contributed by atoms with Gasteiger partial charge in [0, 0.05) is 0 Å². The van der Waals surface area contributed by atoms with Crippen LogP contribution in [0.5, 0.6) is 5.75 Å². The Morgan fingerprint density at radius 3 is 2.19 bits per heavy atom. The molecular formula is C9H7F4NO2. The summed E-state index contributed by atoms with van der Waals surface area (Å²) in [6, 6.07) is 3.80. The van der Waals surface area contributed by atoms with Crippen LogP contribution in [-0.4, -0.2) is 22.5 Å². The second-order valence-corrected chi connectivity index (χ2v) is 3.03. The first-order valence-corrected chi connectivity index (χ1v) is 4.12. The normalized spacial score (nSPS) is 16.8. The summed E-state index contributed by atoms with van der Waals surface area (Å²) in [6.45, 7) is 0. The third-order valence-corrected chi connectivity index (χ3v) is 1.97. The van der Waals surface area contributed by atoms with Crippen molar-refractivity contribution in [1.29, 1.82) is 0 Å². The first-order chi connectivity index (χ1) is 7.41. The molecule has 16 heavy (non-hydrogen) atoms. The summed E-state index contributed by atoms with van der Waals surface area (Å²) >= 11 is 0. The molecule has 1 rings (SSSR count). The molecule has 0 saturated carbocycles. The lowest BCUT2D eigenvalue weighted by Gasteiger charge is -2.22. The number of carbonyl (C=O) groups is 1. The van der Waals surface area contributed by atoms with Gasteiger partial charge in [-0.2, -0.15) is 0 Å².